The van der Waals surface area contributed by atoms with Gasteiger partial charge in [0, 0.05) is 33.6 Å². The lowest BCUT2D eigenvalue weighted by Crippen LogP contribution is -2.03. The molecule has 40 heavy (non-hydrogen) atoms. The highest BCUT2D eigenvalue weighted by atomic mass is 33.2. The van der Waals surface area contributed by atoms with Crippen LogP contribution < -0.4 is 20.1 Å². The van der Waals surface area contributed by atoms with Crippen LogP contribution in [-0.4, -0.2) is 14.2 Å². The SMILES string of the molecule is COc1ccc(P2(=S)SCc3ccccc3CSP(=S)(c3ccc(OC)cc3)SCc3ccccc3CS2)cc1. The Morgan fingerprint density at radius 1 is 0.475 bits per heavy atom. The summed E-state index contributed by atoms with van der Waals surface area (Å²) in [5.41, 5.74) is 5.40. The molecule has 0 aromatic heterocycles. The topological polar surface area (TPSA) is 18.5 Å². The van der Waals surface area contributed by atoms with Crippen molar-refractivity contribution >= 4 is 88.6 Å². The lowest BCUT2D eigenvalue weighted by atomic mass is 10.1. The van der Waals surface area contributed by atoms with Crippen LogP contribution in [0.25, 0.3) is 0 Å². The van der Waals surface area contributed by atoms with E-state index in [1.807, 2.05) is 69.8 Å². The van der Waals surface area contributed by atoms with Crippen molar-refractivity contribution in [2.24, 2.45) is 0 Å². The molecule has 0 saturated heterocycles. The number of ether oxygens (including phenoxy) is 2. The predicted octanol–water partition coefficient (Wildman–Crippen LogP) is 9.62. The minimum absolute atomic E-state index is 0.861. The first-order valence-electron chi connectivity index (χ1n) is 12.6. The molecule has 1 aliphatic heterocycles. The van der Waals surface area contributed by atoms with E-state index in [4.69, 9.17) is 33.1 Å². The van der Waals surface area contributed by atoms with E-state index in [9.17, 15) is 0 Å². The van der Waals surface area contributed by atoms with Crippen LogP contribution in [-0.2, 0) is 46.6 Å². The van der Waals surface area contributed by atoms with Crippen molar-refractivity contribution in [2.75, 3.05) is 14.2 Å². The lowest BCUT2D eigenvalue weighted by Gasteiger charge is -2.26. The van der Waals surface area contributed by atoms with Crippen LogP contribution in [0.15, 0.2) is 97.1 Å². The number of fused-ring (bicyclic) bond motifs is 2. The Morgan fingerprint density at radius 3 is 1.00 bits per heavy atom. The Morgan fingerprint density at radius 2 is 0.750 bits per heavy atom. The van der Waals surface area contributed by atoms with Crippen molar-refractivity contribution < 1.29 is 9.47 Å². The minimum atomic E-state index is -1.99. The summed E-state index contributed by atoms with van der Waals surface area (Å²) in [5, 5.41) is 2.47. The average Bonchev–Trinajstić information content (AvgIpc) is 3.01. The van der Waals surface area contributed by atoms with Crippen molar-refractivity contribution in [3.8, 4) is 11.5 Å². The quantitative estimate of drug-likeness (QED) is 0.197. The highest BCUT2D eigenvalue weighted by Gasteiger charge is 2.26. The molecule has 0 aliphatic carbocycles. The van der Waals surface area contributed by atoms with Gasteiger partial charge < -0.3 is 9.47 Å². The standard InChI is InChI=1S/C30H30O2P2S6/c1-31-27-11-15-29(16-12-27)33(35)37-19-23-7-3-5-9-25(23)21-39-34(36,30-17-13-28(32-2)14-18-30)40-22-26-10-6-4-8-24(26)20-38-33/h3-18H,19-22H2,1-2H3. The van der Waals surface area contributed by atoms with E-state index in [-0.39, 0.29) is 0 Å². The summed E-state index contributed by atoms with van der Waals surface area (Å²) < 4.78 is 6.87. The van der Waals surface area contributed by atoms with Crippen LogP contribution in [0.2, 0.25) is 0 Å². The molecule has 0 unspecified atom stereocenters. The maximum absolute atomic E-state index is 6.53. The fraction of sp³-hybridized carbons (Fsp3) is 0.200. The van der Waals surface area contributed by atoms with E-state index < -0.39 is 8.88 Å². The normalized spacial score (nSPS) is 21.9. The Labute approximate surface area is 264 Å². The van der Waals surface area contributed by atoms with E-state index in [2.05, 4.69) is 72.8 Å². The van der Waals surface area contributed by atoms with E-state index in [1.54, 1.807) is 14.2 Å². The second-order valence-electron chi connectivity index (χ2n) is 9.02. The van der Waals surface area contributed by atoms with Crippen molar-refractivity contribution in [3.05, 3.63) is 119 Å². The van der Waals surface area contributed by atoms with Gasteiger partial charge in [0.2, 0.25) is 0 Å². The number of hydrogen-bond acceptors (Lipinski definition) is 8. The number of rotatable bonds is 4. The highest BCUT2D eigenvalue weighted by molar-refractivity contribution is 9.02. The van der Waals surface area contributed by atoms with Gasteiger partial charge in [0.15, 0.2) is 0 Å². The van der Waals surface area contributed by atoms with E-state index in [1.165, 1.54) is 32.9 Å². The second-order valence-corrected chi connectivity index (χ2v) is 31.4. The smallest absolute Gasteiger partial charge is 0.118 e. The largest absolute Gasteiger partial charge is 0.497 e. The first kappa shape index (κ1) is 30.6. The molecule has 0 saturated carbocycles. The zero-order chi connectivity index (χ0) is 28.0. The Hall–Kier alpha value is -0.820. The van der Waals surface area contributed by atoms with Crippen LogP contribution in [0, 0.1) is 0 Å². The van der Waals surface area contributed by atoms with Gasteiger partial charge in [0.25, 0.3) is 0 Å². The Kier molecular flexibility index (Phi) is 10.8. The molecule has 0 radical (unpaired) electrons. The zero-order valence-corrected chi connectivity index (χ0v) is 28.9. The summed E-state index contributed by atoms with van der Waals surface area (Å²) in [7, 11) is 3.41. The molecular weight excluding hydrogens is 647 g/mol. The molecule has 0 spiro atoms. The lowest BCUT2D eigenvalue weighted by molar-refractivity contribution is 0.415. The molecule has 5 rings (SSSR count). The van der Waals surface area contributed by atoms with Crippen LogP contribution in [0.1, 0.15) is 22.3 Å². The van der Waals surface area contributed by atoms with Gasteiger partial charge in [0.05, 0.1) is 23.1 Å². The molecule has 1 aliphatic rings. The Bertz CT molecular complexity index is 1360. The molecule has 0 N–H and O–H groups in total. The predicted molar refractivity (Wildman–Crippen MR) is 192 cm³/mol. The molecular formula is C30H30O2P2S6. The van der Waals surface area contributed by atoms with Gasteiger partial charge in [-0.2, -0.15) is 0 Å². The molecule has 1 heterocycles. The third-order valence-electron chi connectivity index (χ3n) is 6.57. The molecule has 0 fully saturated rings. The number of hydrogen-bond donors (Lipinski definition) is 0. The van der Waals surface area contributed by atoms with Crippen molar-refractivity contribution in [3.63, 3.8) is 0 Å². The third-order valence-corrected chi connectivity index (χ3v) is 28.6. The maximum Gasteiger partial charge on any atom is 0.118 e. The summed E-state index contributed by atoms with van der Waals surface area (Å²) in [4.78, 5) is 0. The van der Waals surface area contributed by atoms with Crippen LogP contribution in [0.3, 0.4) is 0 Å². The van der Waals surface area contributed by atoms with Crippen molar-refractivity contribution in [1.82, 2.24) is 0 Å². The number of methoxy groups -OCH3 is 2. The van der Waals surface area contributed by atoms with Gasteiger partial charge in [-0.1, -0.05) is 72.1 Å². The fourth-order valence-corrected chi connectivity index (χ4v) is 21.6. The van der Waals surface area contributed by atoms with Crippen molar-refractivity contribution in [2.45, 2.75) is 23.0 Å². The van der Waals surface area contributed by atoms with Gasteiger partial charge >= 0.3 is 0 Å². The van der Waals surface area contributed by atoms with Gasteiger partial charge in [-0.3, -0.25) is 0 Å². The van der Waals surface area contributed by atoms with Crippen LogP contribution in [0.4, 0.5) is 0 Å². The molecule has 0 amide bonds. The molecule has 0 atom stereocenters. The third kappa shape index (κ3) is 7.38. The summed E-state index contributed by atoms with van der Waals surface area (Å²) in [6.07, 6.45) is 0. The monoisotopic (exact) mass is 676 g/mol. The Balaban J connectivity index is 1.52. The van der Waals surface area contributed by atoms with E-state index in [0.29, 0.717) is 0 Å². The number of benzene rings is 4. The molecule has 10 heteroatoms. The summed E-state index contributed by atoms with van der Waals surface area (Å²) in [5.74, 6) is 5.25. The van der Waals surface area contributed by atoms with Crippen molar-refractivity contribution in [1.29, 1.82) is 0 Å². The van der Waals surface area contributed by atoms with Gasteiger partial charge in [0.1, 0.15) is 11.5 Å². The fourth-order valence-electron chi connectivity index (χ4n) is 4.20. The van der Waals surface area contributed by atoms with Gasteiger partial charge in [-0.25, -0.2) is 0 Å². The van der Waals surface area contributed by atoms with Crippen LogP contribution in [0.5, 0.6) is 11.5 Å². The highest BCUT2D eigenvalue weighted by Crippen LogP contribution is 2.72. The average molecular weight is 677 g/mol. The summed E-state index contributed by atoms with van der Waals surface area (Å²) >= 11 is 20.8. The first-order chi connectivity index (χ1) is 19.4. The van der Waals surface area contributed by atoms with Gasteiger partial charge in [-0.05, 0) is 70.8 Å². The van der Waals surface area contributed by atoms with Gasteiger partial charge in [-0.15, -0.1) is 45.5 Å². The molecule has 0 bridgehead atoms. The minimum Gasteiger partial charge on any atom is -0.497 e. The molecule has 4 aromatic carbocycles. The maximum atomic E-state index is 6.53. The molecule has 208 valence electrons. The van der Waals surface area contributed by atoms with Crippen LogP contribution >= 0.6 is 54.4 Å². The van der Waals surface area contributed by atoms with E-state index in [0.717, 1.165) is 34.5 Å². The first-order valence-corrected chi connectivity index (χ1v) is 24.6. The zero-order valence-electron chi connectivity index (χ0n) is 22.2. The summed E-state index contributed by atoms with van der Waals surface area (Å²) in [6, 6.07) is 34.4. The second kappa shape index (κ2) is 14.1. The summed E-state index contributed by atoms with van der Waals surface area (Å²) in [6.45, 7) is 0. The van der Waals surface area contributed by atoms with E-state index >= 15 is 0 Å². The molecule has 4 aromatic rings. The molecule has 2 nitrogen and oxygen atoms in total.